The first-order valence-electron chi connectivity index (χ1n) is 3.82. The lowest BCUT2D eigenvalue weighted by atomic mass is 10.1. The first kappa shape index (κ1) is 8.96. The van der Waals surface area contributed by atoms with Gasteiger partial charge in [-0.15, -0.1) is 0 Å². The molecule has 0 aliphatic carbocycles. The normalized spacial score (nSPS) is 12.8. The zero-order chi connectivity index (χ0) is 8.97. The number of aromatic nitrogens is 2. The van der Waals surface area contributed by atoms with E-state index in [-0.39, 0.29) is 0 Å². The summed E-state index contributed by atoms with van der Waals surface area (Å²) in [5, 5.41) is 13.4. The van der Waals surface area contributed by atoms with Gasteiger partial charge in [-0.05, 0) is 13.0 Å². The highest BCUT2D eigenvalue weighted by molar-refractivity contribution is 5.19. The predicted octanol–water partition coefficient (Wildman–Crippen LogP) is 0.366. The lowest BCUT2D eigenvalue weighted by Gasteiger charge is -2.04. The molecule has 3 N–H and O–H groups in total. The van der Waals surface area contributed by atoms with Crippen LogP contribution in [0.25, 0.3) is 6.20 Å². The van der Waals surface area contributed by atoms with Crippen molar-refractivity contribution in [2.45, 2.75) is 12.5 Å². The molecule has 4 nitrogen and oxygen atoms in total. The molecule has 0 aliphatic rings. The van der Waals surface area contributed by atoms with E-state index in [9.17, 15) is 5.11 Å². The van der Waals surface area contributed by atoms with Crippen molar-refractivity contribution >= 4 is 6.20 Å². The Morgan fingerprint density at radius 3 is 3.08 bits per heavy atom. The summed E-state index contributed by atoms with van der Waals surface area (Å²) >= 11 is 0. The van der Waals surface area contributed by atoms with E-state index in [1.54, 1.807) is 23.3 Å². The molecule has 0 saturated heterocycles. The van der Waals surface area contributed by atoms with Crippen LogP contribution in [0.2, 0.25) is 0 Å². The van der Waals surface area contributed by atoms with Gasteiger partial charge in [-0.3, -0.25) is 0 Å². The van der Waals surface area contributed by atoms with Crippen LogP contribution in [0.1, 0.15) is 18.1 Å². The number of nitrogens with two attached hydrogens (primary N) is 1. The Kier molecular flexibility index (Phi) is 3.01. The molecule has 4 heteroatoms. The van der Waals surface area contributed by atoms with Gasteiger partial charge in [0, 0.05) is 18.0 Å². The van der Waals surface area contributed by atoms with Crippen LogP contribution in [-0.2, 0) is 0 Å². The molecular weight excluding hydrogens is 154 g/mol. The van der Waals surface area contributed by atoms with Crippen LogP contribution in [0.3, 0.4) is 0 Å². The minimum absolute atomic E-state index is 0.473. The number of aliphatic hydroxyl groups excluding tert-OH is 1. The molecule has 0 amide bonds. The van der Waals surface area contributed by atoms with E-state index < -0.39 is 6.10 Å². The second-order valence-corrected chi connectivity index (χ2v) is 2.53. The standard InChI is InChI=1S/C8H13N3O/c1-2-11-6-7(5-10-11)8(12)3-4-9/h2,5-6,8,12H,1,3-4,9H2/t8-/m0/s1. The summed E-state index contributed by atoms with van der Waals surface area (Å²) in [6.45, 7) is 4.02. The smallest absolute Gasteiger partial charge is 0.0832 e. The number of rotatable bonds is 4. The number of hydrogen-bond donors (Lipinski definition) is 2. The number of hydrogen-bond acceptors (Lipinski definition) is 3. The van der Waals surface area contributed by atoms with Crippen molar-refractivity contribution in [1.29, 1.82) is 0 Å². The van der Waals surface area contributed by atoms with E-state index in [4.69, 9.17) is 5.73 Å². The van der Waals surface area contributed by atoms with Gasteiger partial charge in [-0.2, -0.15) is 5.10 Å². The minimum Gasteiger partial charge on any atom is -0.388 e. The molecule has 0 aromatic carbocycles. The van der Waals surface area contributed by atoms with Crippen molar-refractivity contribution in [3.05, 3.63) is 24.5 Å². The number of nitrogens with zero attached hydrogens (tertiary/aromatic N) is 2. The summed E-state index contributed by atoms with van der Waals surface area (Å²) in [6.07, 6.45) is 4.96. The molecule has 0 aliphatic heterocycles. The lowest BCUT2D eigenvalue weighted by molar-refractivity contribution is 0.170. The Morgan fingerprint density at radius 1 is 1.83 bits per heavy atom. The summed E-state index contributed by atoms with van der Waals surface area (Å²) < 4.78 is 1.55. The van der Waals surface area contributed by atoms with Crippen molar-refractivity contribution in [2.75, 3.05) is 6.54 Å². The van der Waals surface area contributed by atoms with E-state index >= 15 is 0 Å². The van der Waals surface area contributed by atoms with Crippen LogP contribution in [0.15, 0.2) is 19.0 Å². The molecule has 0 fully saturated rings. The third-order valence-corrected chi connectivity index (χ3v) is 1.63. The highest BCUT2D eigenvalue weighted by Gasteiger charge is 2.07. The average Bonchev–Trinajstić information content (AvgIpc) is 2.52. The van der Waals surface area contributed by atoms with Crippen molar-refractivity contribution < 1.29 is 5.11 Å². The zero-order valence-corrected chi connectivity index (χ0v) is 6.85. The van der Waals surface area contributed by atoms with E-state index in [0.29, 0.717) is 13.0 Å². The van der Waals surface area contributed by atoms with E-state index in [0.717, 1.165) is 5.56 Å². The van der Waals surface area contributed by atoms with Crippen molar-refractivity contribution in [3.8, 4) is 0 Å². The van der Waals surface area contributed by atoms with Gasteiger partial charge in [0.15, 0.2) is 0 Å². The maximum absolute atomic E-state index is 9.46. The Hall–Kier alpha value is -1.13. The zero-order valence-electron chi connectivity index (χ0n) is 6.85. The molecule has 0 spiro atoms. The summed E-state index contributed by atoms with van der Waals surface area (Å²) in [5.74, 6) is 0. The van der Waals surface area contributed by atoms with Gasteiger partial charge in [0.05, 0.1) is 12.3 Å². The van der Waals surface area contributed by atoms with Crippen molar-refractivity contribution in [1.82, 2.24) is 9.78 Å². The van der Waals surface area contributed by atoms with Gasteiger partial charge in [-0.25, -0.2) is 4.68 Å². The van der Waals surface area contributed by atoms with Gasteiger partial charge in [-0.1, -0.05) is 6.58 Å². The van der Waals surface area contributed by atoms with Crippen LogP contribution in [0.4, 0.5) is 0 Å². The molecule has 1 heterocycles. The van der Waals surface area contributed by atoms with Gasteiger partial charge in [0.25, 0.3) is 0 Å². The maximum Gasteiger partial charge on any atom is 0.0832 e. The lowest BCUT2D eigenvalue weighted by Crippen LogP contribution is -2.05. The molecule has 0 saturated carbocycles. The molecule has 1 aromatic heterocycles. The fraction of sp³-hybridized carbons (Fsp3) is 0.375. The summed E-state index contributed by atoms with van der Waals surface area (Å²) in [7, 11) is 0. The molecule has 0 unspecified atom stereocenters. The van der Waals surface area contributed by atoms with E-state index in [2.05, 4.69) is 11.7 Å². The van der Waals surface area contributed by atoms with E-state index in [1.165, 1.54) is 0 Å². The Morgan fingerprint density at radius 2 is 2.58 bits per heavy atom. The topological polar surface area (TPSA) is 64.1 Å². The average molecular weight is 167 g/mol. The first-order chi connectivity index (χ1) is 5.77. The second-order valence-electron chi connectivity index (χ2n) is 2.53. The molecule has 1 rings (SSSR count). The Labute approximate surface area is 71.3 Å². The third kappa shape index (κ3) is 1.93. The van der Waals surface area contributed by atoms with Crippen molar-refractivity contribution in [3.63, 3.8) is 0 Å². The van der Waals surface area contributed by atoms with Crippen LogP contribution in [0.5, 0.6) is 0 Å². The largest absolute Gasteiger partial charge is 0.388 e. The fourth-order valence-corrected chi connectivity index (χ4v) is 0.949. The van der Waals surface area contributed by atoms with Crippen LogP contribution in [0, 0.1) is 0 Å². The summed E-state index contributed by atoms with van der Waals surface area (Å²) in [4.78, 5) is 0. The van der Waals surface area contributed by atoms with Gasteiger partial charge >= 0.3 is 0 Å². The molecule has 1 aromatic rings. The number of aliphatic hydroxyl groups is 1. The highest BCUT2D eigenvalue weighted by atomic mass is 16.3. The van der Waals surface area contributed by atoms with Crippen LogP contribution >= 0.6 is 0 Å². The molecule has 12 heavy (non-hydrogen) atoms. The summed E-state index contributed by atoms with van der Waals surface area (Å²) in [5.41, 5.74) is 6.08. The van der Waals surface area contributed by atoms with Crippen LogP contribution in [-0.4, -0.2) is 21.4 Å². The first-order valence-corrected chi connectivity index (χ1v) is 3.82. The van der Waals surface area contributed by atoms with E-state index in [1.807, 2.05) is 0 Å². The molecular formula is C8H13N3O. The minimum atomic E-state index is -0.510. The molecule has 1 atom stereocenters. The molecule has 0 radical (unpaired) electrons. The molecule has 0 bridgehead atoms. The summed E-state index contributed by atoms with van der Waals surface area (Å²) in [6, 6.07) is 0. The van der Waals surface area contributed by atoms with Gasteiger partial charge in [0.2, 0.25) is 0 Å². The van der Waals surface area contributed by atoms with Gasteiger partial charge in [0.1, 0.15) is 0 Å². The van der Waals surface area contributed by atoms with Crippen LogP contribution < -0.4 is 5.73 Å². The third-order valence-electron chi connectivity index (χ3n) is 1.63. The van der Waals surface area contributed by atoms with Crippen molar-refractivity contribution in [2.24, 2.45) is 5.73 Å². The Balaban J connectivity index is 2.67. The SMILES string of the molecule is C=Cn1cc([C@@H](O)CCN)cn1. The Bertz CT molecular complexity index is 257. The predicted molar refractivity (Wildman–Crippen MR) is 47.2 cm³/mol. The molecule has 66 valence electrons. The highest BCUT2D eigenvalue weighted by Crippen LogP contribution is 2.14. The van der Waals surface area contributed by atoms with Gasteiger partial charge < -0.3 is 10.8 Å². The monoisotopic (exact) mass is 167 g/mol. The second kappa shape index (κ2) is 4.04. The quantitative estimate of drug-likeness (QED) is 0.680. The fourth-order valence-electron chi connectivity index (χ4n) is 0.949. The maximum atomic E-state index is 9.46.